The van der Waals surface area contributed by atoms with E-state index in [-0.39, 0.29) is 0 Å². The minimum absolute atomic E-state index is 0.537. The number of benzene rings is 9. The van der Waals surface area contributed by atoms with Crippen molar-refractivity contribution < 1.29 is 4.42 Å². The van der Waals surface area contributed by atoms with Gasteiger partial charge in [-0.3, -0.25) is 4.57 Å². The number of rotatable bonds is 7. The summed E-state index contributed by atoms with van der Waals surface area (Å²) in [6.07, 6.45) is 0. The molecule has 0 fully saturated rings. The monoisotopic (exact) mass is 781 g/mol. The van der Waals surface area contributed by atoms with Gasteiger partial charge in [0.2, 0.25) is 5.95 Å². The van der Waals surface area contributed by atoms with Gasteiger partial charge in [0, 0.05) is 55.8 Å². The van der Waals surface area contributed by atoms with Gasteiger partial charge in [0.05, 0.1) is 11.0 Å². The smallest absolute Gasteiger partial charge is 0.238 e. The molecule has 0 amide bonds. The molecule has 0 saturated heterocycles. The fraction of sp³-hybridized carbons (Fsp3) is 0. The highest BCUT2D eigenvalue weighted by molar-refractivity contribution is 6.12. The van der Waals surface area contributed by atoms with Crippen molar-refractivity contribution in [2.24, 2.45) is 0 Å². The van der Waals surface area contributed by atoms with Crippen LogP contribution < -0.4 is 4.90 Å². The summed E-state index contributed by atoms with van der Waals surface area (Å²) < 4.78 is 8.63. The van der Waals surface area contributed by atoms with E-state index in [1.165, 1.54) is 10.8 Å². The number of hydrogen-bond acceptors (Lipinski definition) is 5. The zero-order chi connectivity index (χ0) is 40.3. The molecule has 0 saturated carbocycles. The molecule has 12 rings (SSSR count). The highest BCUT2D eigenvalue weighted by Crippen LogP contribution is 2.42. The Bertz CT molecular complexity index is 3540. The first-order valence-electron chi connectivity index (χ1n) is 20.4. The molecule has 6 heteroatoms. The first-order valence-corrected chi connectivity index (χ1v) is 20.4. The predicted octanol–water partition coefficient (Wildman–Crippen LogP) is 14.5. The lowest BCUT2D eigenvalue weighted by atomic mass is 10.00. The van der Waals surface area contributed by atoms with Crippen LogP contribution in [-0.2, 0) is 0 Å². The van der Waals surface area contributed by atoms with Crippen LogP contribution >= 0.6 is 0 Å². The zero-order valence-corrected chi connectivity index (χ0v) is 32.9. The Balaban J connectivity index is 1.13. The molecule has 12 aromatic rings. The van der Waals surface area contributed by atoms with Gasteiger partial charge in [0.1, 0.15) is 11.2 Å². The Morgan fingerprint density at radius 2 is 0.885 bits per heavy atom. The first-order chi connectivity index (χ1) is 30.2. The van der Waals surface area contributed by atoms with Crippen molar-refractivity contribution in [1.29, 1.82) is 0 Å². The summed E-state index contributed by atoms with van der Waals surface area (Å²) in [5.41, 5.74) is 10.7. The van der Waals surface area contributed by atoms with Crippen LogP contribution in [0.4, 0.5) is 17.1 Å². The van der Waals surface area contributed by atoms with E-state index >= 15 is 0 Å². The number of para-hydroxylation sites is 2. The summed E-state index contributed by atoms with van der Waals surface area (Å²) in [6, 6.07) is 74.0. The van der Waals surface area contributed by atoms with E-state index in [0.29, 0.717) is 17.6 Å². The summed E-state index contributed by atoms with van der Waals surface area (Å²) in [7, 11) is 0. The van der Waals surface area contributed by atoms with E-state index in [0.717, 1.165) is 83.1 Å². The van der Waals surface area contributed by atoms with Crippen LogP contribution in [-0.4, -0.2) is 19.5 Å². The summed E-state index contributed by atoms with van der Waals surface area (Å²) in [6.45, 7) is 0. The molecule has 0 aliphatic rings. The maximum atomic E-state index is 6.42. The minimum Gasteiger partial charge on any atom is -0.456 e. The Kier molecular flexibility index (Phi) is 8.06. The maximum absolute atomic E-state index is 6.42. The Labute approximate surface area is 351 Å². The Morgan fingerprint density at radius 1 is 0.344 bits per heavy atom. The second-order valence-corrected chi connectivity index (χ2v) is 15.3. The molecule has 286 valence electrons. The van der Waals surface area contributed by atoms with Gasteiger partial charge in [0.25, 0.3) is 0 Å². The fourth-order valence-electron chi connectivity index (χ4n) is 8.69. The van der Waals surface area contributed by atoms with E-state index < -0.39 is 0 Å². The van der Waals surface area contributed by atoms with E-state index in [1.807, 2.05) is 78.9 Å². The van der Waals surface area contributed by atoms with Gasteiger partial charge in [-0.15, -0.1) is 0 Å². The number of furan rings is 1. The summed E-state index contributed by atoms with van der Waals surface area (Å²) in [5.74, 6) is 1.74. The molecule has 3 aromatic heterocycles. The average Bonchev–Trinajstić information content (AvgIpc) is 3.87. The summed E-state index contributed by atoms with van der Waals surface area (Å²) in [5, 5.41) is 6.79. The highest BCUT2D eigenvalue weighted by Gasteiger charge is 2.22. The number of nitrogens with zero attached hydrogens (tertiary/aromatic N) is 5. The molecule has 3 heterocycles. The normalized spacial score (nSPS) is 11.6. The van der Waals surface area contributed by atoms with Crippen LogP contribution in [0.2, 0.25) is 0 Å². The van der Waals surface area contributed by atoms with E-state index in [4.69, 9.17) is 19.4 Å². The molecule has 0 bridgehead atoms. The molecule has 0 aliphatic heterocycles. The van der Waals surface area contributed by atoms with Gasteiger partial charge < -0.3 is 9.32 Å². The third-order valence-electron chi connectivity index (χ3n) is 11.6. The van der Waals surface area contributed by atoms with Crippen molar-refractivity contribution in [2.75, 3.05) is 4.90 Å². The van der Waals surface area contributed by atoms with Gasteiger partial charge in [0.15, 0.2) is 11.6 Å². The maximum Gasteiger partial charge on any atom is 0.238 e. The van der Waals surface area contributed by atoms with Crippen LogP contribution in [0.3, 0.4) is 0 Å². The third kappa shape index (κ3) is 6.00. The predicted molar refractivity (Wildman–Crippen MR) is 250 cm³/mol. The molecule has 0 aliphatic carbocycles. The quantitative estimate of drug-likeness (QED) is 0.161. The second-order valence-electron chi connectivity index (χ2n) is 15.3. The lowest BCUT2D eigenvalue weighted by molar-refractivity contribution is 0.669. The first kappa shape index (κ1) is 34.7. The van der Waals surface area contributed by atoms with Crippen LogP contribution in [0.5, 0.6) is 0 Å². The van der Waals surface area contributed by atoms with Crippen LogP contribution in [0, 0.1) is 0 Å². The van der Waals surface area contributed by atoms with E-state index in [9.17, 15) is 0 Å². The van der Waals surface area contributed by atoms with Crippen molar-refractivity contribution in [3.63, 3.8) is 0 Å². The number of fused-ring (bicyclic) bond motifs is 7. The number of hydrogen-bond donors (Lipinski definition) is 0. The number of anilines is 3. The zero-order valence-electron chi connectivity index (χ0n) is 32.9. The topological polar surface area (TPSA) is 60.0 Å². The average molecular weight is 782 g/mol. The van der Waals surface area contributed by atoms with Crippen LogP contribution in [0.1, 0.15) is 0 Å². The lowest BCUT2D eigenvalue weighted by Crippen LogP contribution is -2.10. The van der Waals surface area contributed by atoms with Gasteiger partial charge in [-0.05, 0) is 76.5 Å². The summed E-state index contributed by atoms with van der Waals surface area (Å²) in [4.78, 5) is 17.9. The fourth-order valence-corrected chi connectivity index (χ4v) is 8.69. The van der Waals surface area contributed by atoms with Gasteiger partial charge in [-0.2, -0.15) is 9.97 Å². The molecule has 0 spiro atoms. The van der Waals surface area contributed by atoms with Crippen LogP contribution in [0.25, 0.3) is 94.4 Å². The number of aromatic nitrogens is 4. The Hall–Kier alpha value is -8.35. The third-order valence-corrected chi connectivity index (χ3v) is 11.6. The van der Waals surface area contributed by atoms with Gasteiger partial charge in [-0.25, -0.2) is 4.98 Å². The van der Waals surface area contributed by atoms with Crippen molar-refractivity contribution in [3.05, 3.63) is 212 Å². The molecule has 0 radical (unpaired) electrons. The molecular weight excluding hydrogens is 747 g/mol. The van der Waals surface area contributed by atoms with E-state index in [1.54, 1.807) is 0 Å². The lowest BCUT2D eigenvalue weighted by Gasteiger charge is -2.25. The van der Waals surface area contributed by atoms with Gasteiger partial charge >= 0.3 is 0 Å². The Morgan fingerprint density at radius 3 is 1.62 bits per heavy atom. The van der Waals surface area contributed by atoms with E-state index in [2.05, 4.69) is 143 Å². The van der Waals surface area contributed by atoms with Crippen molar-refractivity contribution in [2.45, 2.75) is 0 Å². The standard InChI is InChI=1S/C55H35N5O/c1-4-15-37(16-5-1)53-56-54(38-17-6-2-7-18-38)58-55(57-53)60-49-33-41(40-25-24-36-14-10-11-19-39(36)32-40)26-29-45(49)46-30-27-43(34-50(46)60)59(42-20-8-3-9-21-42)44-28-31-48-47-22-12-13-23-51(47)61-52(48)35-44/h1-35H. The molecule has 61 heavy (non-hydrogen) atoms. The molecule has 0 atom stereocenters. The van der Waals surface area contributed by atoms with Crippen molar-refractivity contribution in [3.8, 4) is 39.9 Å². The van der Waals surface area contributed by atoms with Crippen molar-refractivity contribution >= 4 is 71.6 Å². The second kappa shape index (κ2) is 14.2. The molecule has 6 nitrogen and oxygen atoms in total. The molecular formula is C55H35N5O. The highest BCUT2D eigenvalue weighted by atomic mass is 16.3. The molecule has 9 aromatic carbocycles. The SMILES string of the molecule is c1ccc(-c2nc(-c3ccccc3)nc(-n3c4cc(-c5ccc6ccccc6c5)ccc4c4ccc(N(c5ccccc5)c5ccc6c(c5)oc5ccccc56)cc43)n2)cc1. The largest absolute Gasteiger partial charge is 0.456 e. The van der Waals surface area contributed by atoms with Gasteiger partial charge in [-0.1, -0.05) is 152 Å². The molecule has 0 N–H and O–H groups in total. The van der Waals surface area contributed by atoms with Crippen LogP contribution in [0.15, 0.2) is 217 Å². The minimum atomic E-state index is 0.537. The molecule has 0 unspecified atom stereocenters. The summed E-state index contributed by atoms with van der Waals surface area (Å²) >= 11 is 0. The van der Waals surface area contributed by atoms with Crippen molar-refractivity contribution in [1.82, 2.24) is 19.5 Å².